The Bertz CT molecular complexity index is 466. The van der Waals surface area contributed by atoms with Crippen molar-refractivity contribution < 1.29 is 9.47 Å². The lowest BCUT2D eigenvalue weighted by molar-refractivity contribution is 0.0748. The second kappa shape index (κ2) is 9.97. The molecule has 5 nitrogen and oxygen atoms in total. The van der Waals surface area contributed by atoms with E-state index in [-0.39, 0.29) is 24.0 Å². The van der Waals surface area contributed by atoms with Crippen LogP contribution in [0, 0.1) is 0 Å². The van der Waals surface area contributed by atoms with E-state index >= 15 is 0 Å². The van der Waals surface area contributed by atoms with Crippen LogP contribution in [0.4, 0.5) is 5.69 Å². The van der Waals surface area contributed by atoms with E-state index in [0.29, 0.717) is 32.3 Å². The molecule has 0 spiro atoms. The maximum absolute atomic E-state index is 5.85. The molecule has 0 radical (unpaired) electrons. The van der Waals surface area contributed by atoms with Gasteiger partial charge in [-0.3, -0.25) is 4.99 Å². The summed E-state index contributed by atoms with van der Waals surface area (Å²) >= 11 is 0. The number of hydrogen-bond acceptors (Lipinski definition) is 3. The summed E-state index contributed by atoms with van der Waals surface area (Å²) in [5.74, 6) is 0.429. The van der Waals surface area contributed by atoms with E-state index < -0.39 is 0 Å². The van der Waals surface area contributed by atoms with Crippen LogP contribution in [0.3, 0.4) is 0 Å². The van der Waals surface area contributed by atoms with E-state index in [9.17, 15) is 0 Å². The van der Waals surface area contributed by atoms with Gasteiger partial charge in [-0.1, -0.05) is 6.07 Å². The van der Waals surface area contributed by atoms with Gasteiger partial charge < -0.3 is 20.5 Å². The molecule has 0 unspecified atom stereocenters. The number of nitrogens with zero attached hydrogens (tertiary/aromatic N) is 1. The Kier molecular flexibility index (Phi) is 8.63. The van der Waals surface area contributed by atoms with Crippen molar-refractivity contribution in [3.8, 4) is 0 Å². The maximum atomic E-state index is 5.85. The van der Waals surface area contributed by atoms with E-state index in [1.807, 2.05) is 0 Å². The fourth-order valence-electron chi connectivity index (χ4n) is 2.31. The van der Waals surface area contributed by atoms with Crippen LogP contribution in [0.25, 0.3) is 0 Å². The lowest BCUT2D eigenvalue weighted by Crippen LogP contribution is -2.23. The van der Waals surface area contributed by atoms with Gasteiger partial charge in [-0.25, -0.2) is 0 Å². The van der Waals surface area contributed by atoms with E-state index in [1.165, 1.54) is 24.0 Å². The van der Waals surface area contributed by atoms with Gasteiger partial charge in [0.15, 0.2) is 5.96 Å². The van der Waals surface area contributed by atoms with Crippen LogP contribution in [-0.4, -0.2) is 39.4 Å². The molecule has 1 aromatic rings. The average Bonchev–Trinajstić information content (AvgIpc) is 2.90. The molecular formula is C15H24IN3O2. The average molecular weight is 405 g/mol. The fraction of sp³-hybridized carbons (Fsp3) is 0.533. The van der Waals surface area contributed by atoms with Crippen LogP contribution in [0.15, 0.2) is 23.2 Å². The van der Waals surface area contributed by atoms with Crippen LogP contribution in [0.5, 0.6) is 0 Å². The van der Waals surface area contributed by atoms with Crippen molar-refractivity contribution >= 4 is 35.6 Å². The molecule has 0 aliphatic heterocycles. The van der Waals surface area contributed by atoms with Gasteiger partial charge in [-0.15, -0.1) is 24.0 Å². The van der Waals surface area contributed by atoms with E-state index in [2.05, 4.69) is 28.5 Å². The van der Waals surface area contributed by atoms with Crippen LogP contribution >= 0.6 is 24.0 Å². The lowest BCUT2D eigenvalue weighted by Gasteiger charge is -2.08. The molecule has 0 fully saturated rings. The van der Waals surface area contributed by atoms with Gasteiger partial charge in [0.25, 0.3) is 0 Å². The first-order valence-electron chi connectivity index (χ1n) is 7.05. The standard InChI is InChI=1S/C15H23N3O2.HI/c1-19-9-10-20-8-7-17-15(16)18-14-6-5-12-3-2-4-13(12)11-14;/h5-6,11H,2-4,7-10H2,1H3,(H3,16,17,18);1H. The summed E-state index contributed by atoms with van der Waals surface area (Å²) in [5.41, 5.74) is 9.74. The molecule has 0 saturated carbocycles. The minimum absolute atomic E-state index is 0. The molecule has 0 amide bonds. The van der Waals surface area contributed by atoms with Crippen molar-refractivity contribution in [2.45, 2.75) is 19.3 Å². The number of rotatable bonds is 7. The Morgan fingerprint density at radius 1 is 1.24 bits per heavy atom. The molecule has 1 aliphatic rings. The maximum Gasteiger partial charge on any atom is 0.193 e. The zero-order chi connectivity index (χ0) is 14.2. The molecule has 0 aromatic heterocycles. The Hall–Kier alpha value is -0.860. The Morgan fingerprint density at radius 2 is 2.05 bits per heavy atom. The quantitative estimate of drug-likeness (QED) is 0.316. The number of anilines is 1. The summed E-state index contributed by atoms with van der Waals surface area (Å²) < 4.78 is 10.2. The molecule has 6 heteroatoms. The Labute approximate surface area is 143 Å². The fourth-order valence-corrected chi connectivity index (χ4v) is 2.31. The predicted octanol–water partition coefficient (Wildman–Crippen LogP) is 2.18. The van der Waals surface area contributed by atoms with Crippen LogP contribution in [0.2, 0.25) is 0 Å². The lowest BCUT2D eigenvalue weighted by atomic mass is 10.1. The van der Waals surface area contributed by atoms with Gasteiger partial charge in [0.05, 0.1) is 26.4 Å². The second-order valence-electron chi connectivity index (χ2n) is 4.83. The normalized spacial score (nSPS) is 13.7. The van der Waals surface area contributed by atoms with Gasteiger partial charge in [0.2, 0.25) is 0 Å². The van der Waals surface area contributed by atoms with Crippen molar-refractivity contribution in [2.75, 3.05) is 38.8 Å². The number of ether oxygens (including phenoxy) is 2. The summed E-state index contributed by atoms with van der Waals surface area (Å²) in [6.45, 7) is 2.29. The zero-order valence-electron chi connectivity index (χ0n) is 12.4. The van der Waals surface area contributed by atoms with Crippen LogP contribution < -0.4 is 11.1 Å². The highest BCUT2D eigenvalue weighted by Crippen LogP contribution is 2.24. The van der Waals surface area contributed by atoms with Gasteiger partial charge in [-0.2, -0.15) is 0 Å². The number of aliphatic imine (C=N–C) groups is 1. The molecule has 0 atom stereocenters. The van der Waals surface area contributed by atoms with Crippen LogP contribution in [-0.2, 0) is 22.3 Å². The van der Waals surface area contributed by atoms with Crippen molar-refractivity contribution in [2.24, 2.45) is 10.7 Å². The molecule has 0 saturated heterocycles. The van der Waals surface area contributed by atoms with Crippen molar-refractivity contribution in [3.63, 3.8) is 0 Å². The summed E-state index contributed by atoms with van der Waals surface area (Å²) in [7, 11) is 1.65. The predicted molar refractivity (Wildman–Crippen MR) is 96.7 cm³/mol. The number of fused-ring (bicyclic) bond motifs is 1. The van der Waals surface area contributed by atoms with Crippen LogP contribution in [0.1, 0.15) is 17.5 Å². The number of methoxy groups -OCH3 is 1. The first-order valence-corrected chi connectivity index (χ1v) is 7.05. The molecule has 1 aromatic carbocycles. The molecule has 2 rings (SSSR count). The summed E-state index contributed by atoms with van der Waals surface area (Å²) in [5, 5.41) is 3.12. The van der Waals surface area contributed by atoms with Crippen molar-refractivity contribution in [3.05, 3.63) is 29.3 Å². The first-order chi connectivity index (χ1) is 9.79. The Balaban J connectivity index is 0.00000220. The molecule has 0 heterocycles. The summed E-state index contributed by atoms with van der Waals surface area (Å²) in [6, 6.07) is 6.40. The SMILES string of the molecule is COCCOCCN=C(N)Nc1ccc2c(c1)CCC2.I. The zero-order valence-corrected chi connectivity index (χ0v) is 14.8. The molecule has 118 valence electrons. The molecule has 0 bridgehead atoms. The number of nitrogens with two attached hydrogens (primary N) is 1. The third kappa shape index (κ3) is 6.19. The number of halogens is 1. The number of benzene rings is 1. The summed E-state index contributed by atoms with van der Waals surface area (Å²) in [6.07, 6.45) is 3.61. The molecule has 3 N–H and O–H groups in total. The molecule has 1 aliphatic carbocycles. The number of guanidine groups is 1. The van der Waals surface area contributed by atoms with Gasteiger partial charge >= 0.3 is 0 Å². The highest BCUT2D eigenvalue weighted by atomic mass is 127. The third-order valence-corrected chi connectivity index (χ3v) is 3.32. The highest BCUT2D eigenvalue weighted by Gasteiger charge is 2.10. The molecular weight excluding hydrogens is 381 g/mol. The number of hydrogen-bond donors (Lipinski definition) is 2. The number of aryl methyl sites for hydroxylation is 2. The third-order valence-electron chi connectivity index (χ3n) is 3.32. The highest BCUT2D eigenvalue weighted by molar-refractivity contribution is 14.0. The van der Waals surface area contributed by atoms with Crippen molar-refractivity contribution in [1.29, 1.82) is 0 Å². The number of nitrogens with one attached hydrogen (secondary N) is 1. The Morgan fingerprint density at radius 3 is 2.86 bits per heavy atom. The minimum atomic E-state index is 0. The second-order valence-corrected chi connectivity index (χ2v) is 4.83. The van der Waals surface area contributed by atoms with Gasteiger partial charge in [0, 0.05) is 12.8 Å². The minimum Gasteiger partial charge on any atom is -0.382 e. The van der Waals surface area contributed by atoms with E-state index in [0.717, 1.165) is 12.1 Å². The molecule has 21 heavy (non-hydrogen) atoms. The van der Waals surface area contributed by atoms with E-state index in [4.69, 9.17) is 15.2 Å². The van der Waals surface area contributed by atoms with Gasteiger partial charge in [-0.05, 0) is 42.5 Å². The largest absolute Gasteiger partial charge is 0.382 e. The van der Waals surface area contributed by atoms with E-state index in [1.54, 1.807) is 7.11 Å². The summed E-state index contributed by atoms with van der Waals surface area (Å²) in [4.78, 5) is 4.23. The monoisotopic (exact) mass is 405 g/mol. The first kappa shape index (κ1) is 18.2. The van der Waals surface area contributed by atoms with Gasteiger partial charge in [0.1, 0.15) is 0 Å². The van der Waals surface area contributed by atoms with Crippen molar-refractivity contribution in [1.82, 2.24) is 0 Å². The smallest absolute Gasteiger partial charge is 0.193 e. The topological polar surface area (TPSA) is 68.9 Å².